The van der Waals surface area contributed by atoms with Crippen molar-refractivity contribution in [3.63, 3.8) is 0 Å². The van der Waals surface area contributed by atoms with E-state index < -0.39 is 5.60 Å². The van der Waals surface area contributed by atoms with Gasteiger partial charge in [0.1, 0.15) is 17.1 Å². The zero-order chi connectivity index (χ0) is 24.0. The number of phenols is 1. The summed E-state index contributed by atoms with van der Waals surface area (Å²) >= 11 is 0. The number of rotatable bonds is 5. The zero-order valence-electron chi connectivity index (χ0n) is 20.3. The molecule has 0 unspecified atom stereocenters. The lowest BCUT2D eigenvalue weighted by Crippen LogP contribution is -2.30. The first-order valence-corrected chi connectivity index (χ1v) is 12.1. The van der Waals surface area contributed by atoms with Crippen molar-refractivity contribution in [1.82, 2.24) is 4.57 Å². The first-order chi connectivity index (χ1) is 16.3. The van der Waals surface area contributed by atoms with Crippen LogP contribution in [0.5, 0.6) is 11.5 Å². The molecular formula is C30H31NO3. The Kier molecular flexibility index (Phi) is 5.47. The number of carbonyl (C=O) groups excluding carboxylic acids is 1. The number of benzene rings is 3. The maximum absolute atomic E-state index is 13.8. The minimum absolute atomic E-state index is 0.00843. The van der Waals surface area contributed by atoms with Crippen molar-refractivity contribution >= 4 is 16.7 Å². The molecule has 1 aromatic heterocycles. The van der Waals surface area contributed by atoms with Crippen molar-refractivity contribution in [3.8, 4) is 22.6 Å². The summed E-state index contributed by atoms with van der Waals surface area (Å²) in [6.45, 7) is 8.29. The zero-order valence-corrected chi connectivity index (χ0v) is 20.3. The van der Waals surface area contributed by atoms with Crippen LogP contribution >= 0.6 is 0 Å². The Bertz CT molecular complexity index is 1380. The summed E-state index contributed by atoms with van der Waals surface area (Å²) in [7, 11) is 0. The topological polar surface area (TPSA) is 51.5 Å². The first-order valence-electron chi connectivity index (χ1n) is 12.1. The first kappa shape index (κ1) is 22.3. The van der Waals surface area contributed by atoms with Crippen molar-refractivity contribution < 1.29 is 14.6 Å². The molecule has 1 aliphatic heterocycles. The Labute approximate surface area is 200 Å². The summed E-state index contributed by atoms with van der Waals surface area (Å²) in [5.41, 5.74) is 4.30. The smallest absolute Gasteiger partial charge is 0.265 e. The second kappa shape index (κ2) is 8.35. The quantitative estimate of drug-likeness (QED) is 0.321. The normalized spacial score (nSPS) is 13.9. The molecule has 0 aliphatic carbocycles. The molecule has 5 rings (SSSR count). The van der Waals surface area contributed by atoms with E-state index in [1.165, 1.54) is 0 Å². The molecule has 34 heavy (non-hydrogen) atoms. The van der Waals surface area contributed by atoms with Gasteiger partial charge in [0.25, 0.3) is 5.91 Å². The number of hydrogen-bond acceptors (Lipinski definition) is 3. The van der Waals surface area contributed by atoms with Crippen LogP contribution in [-0.2, 0) is 12.0 Å². The molecule has 4 heteroatoms. The van der Waals surface area contributed by atoms with Gasteiger partial charge in [-0.1, -0.05) is 67.8 Å². The number of aromatic hydroxyl groups is 1. The van der Waals surface area contributed by atoms with Crippen LogP contribution in [0.25, 0.3) is 21.9 Å². The summed E-state index contributed by atoms with van der Waals surface area (Å²) in [4.78, 5) is 13.8. The van der Waals surface area contributed by atoms with Crippen LogP contribution in [0.4, 0.5) is 0 Å². The molecule has 4 aromatic rings. The van der Waals surface area contributed by atoms with E-state index in [2.05, 4.69) is 25.1 Å². The third kappa shape index (κ3) is 3.67. The minimum atomic E-state index is -0.535. The van der Waals surface area contributed by atoms with Gasteiger partial charge in [-0.05, 0) is 61.6 Å². The summed E-state index contributed by atoms with van der Waals surface area (Å²) in [6.07, 6.45) is 7.48. The van der Waals surface area contributed by atoms with Gasteiger partial charge in [0, 0.05) is 18.0 Å². The molecule has 2 heterocycles. The lowest BCUT2D eigenvalue weighted by atomic mass is 9.83. The molecule has 4 nitrogen and oxygen atoms in total. The Hall–Kier alpha value is -3.53. The van der Waals surface area contributed by atoms with Gasteiger partial charge in [0.05, 0.1) is 11.1 Å². The molecule has 0 radical (unpaired) electrons. The van der Waals surface area contributed by atoms with Gasteiger partial charge in [-0.25, -0.2) is 0 Å². The van der Waals surface area contributed by atoms with Crippen molar-refractivity contribution in [3.05, 3.63) is 83.2 Å². The molecule has 0 atom stereocenters. The molecule has 0 spiro atoms. The van der Waals surface area contributed by atoms with E-state index in [1.54, 1.807) is 4.57 Å². The van der Waals surface area contributed by atoms with E-state index >= 15 is 0 Å². The number of nitrogens with zero attached hydrogens (tertiary/aromatic N) is 1. The van der Waals surface area contributed by atoms with Crippen molar-refractivity contribution in [2.45, 2.75) is 59.0 Å². The van der Waals surface area contributed by atoms with Crippen molar-refractivity contribution in [2.75, 3.05) is 0 Å². The Morgan fingerprint density at radius 3 is 2.41 bits per heavy atom. The number of fused-ring (bicyclic) bond motifs is 4. The van der Waals surface area contributed by atoms with Crippen LogP contribution in [-0.4, -0.2) is 15.6 Å². The van der Waals surface area contributed by atoms with E-state index in [0.29, 0.717) is 23.3 Å². The number of ether oxygens (including phenoxy) is 1. The summed E-state index contributed by atoms with van der Waals surface area (Å²) in [5, 5.41) is 13.7. The van der Waals surface area contributed by atoms with Gasteiger partial charge in [-0.2, -0.15) is 0 Å². The predicted octanol–water partition coefficient (Wildman–Crippen LogP) is 7.37. The largest absolute Gasteiger partial charge is 0.506 e. The van der Waals surface area contributed by atoms with E-state index in [4.69, 9.17) is 4.74 Å². The SMILES string of the molecule is CCCCCc1cc2c(c(O)c1C(=O)n1cc3ccccc3c1)-c1cc(C)ccc1C(C)(C)O2. The van der Waals surface area contributed by atoms with Crippen LogP contribution in [0, 0.1) is 6.92 Å². The summed E-state index contributed by atoms with van der Waals surface area (Å²) < 4.78 is 8.02. The van der Waals surface area contributed by atoms with Gasteiger partial charge in [-0.3, -0.25) is 9.36 Å². The van der Waals surface area contributed by atoms with Crippen molar-refractivity contribution in [1.29, 1.82) is 0 Å². The van der Waals surface area contributed by atoms with Gasteiger partial charge < -0.3 is 9.84 Å². The molecule has 174 valence electrons. The minimum Gasteiger partial charge on any atom is -0.506 e. The van der Waals surface area contributed by atoms with Gasteiger partial charge in [0.2, 0.25) is 0 Å². The van der Waals surface area contributed by atoms with Gasteiger partial charge >= 0.3 is 0 Å². The molecule has 0 bridgehead atoms. The number of hydrogen-bond donors (Lipinski definition) is 1. The molecule has 0 amide bonds. The molecule has 3 aromatic carbocycles. The van der Waals surface area contributed by atoms with Crippen LogP contribution in [0.15, 0.2) is 60.9 Å². The molecule has 1 N–H and O–H groups in total. The third-order valence-electron chi connectivity index (χ3n) is 6.85. The predicted molar refractivity (Wildman–Crippen MR) is 137 cm³/mol. The lowest BCUT2D eigenvalue weighted by molar-refractivity contribution is 0.0955. The number of aromatic nitrogens is 1. The van der Waals surface area contributed by atoms with Crippen LogP contribution in [0.2, 0.25) is 0 Å². The third-order valence-corrected chi connectivity index (χ3v) is 6.85. The van der Waals surface area contributed by atoms with Crippen molar-refractivity contribution in [2.24, 2.45) is 0 Å². The number of phenolic OH excluding ortho intramolecular Hbond substituents is 1. The van der Waals surface area contributed by atoms with Crippen LogP contribution in [0.3, 0.4) is 0 Å². The fourth-order valence-corrected chi connectivity index (χ4v) is 5.09. The van der Waals surface area contributed by atoms with E-state index in [9.17, 15) is 9.90 Å². The summed E-state index contributed by atoms with van der Waals surface area (Å²) in [5.74, 6) is 0.428. The molecule has 0 saturated heterocycles. The molecular weight excluding hydrogens is 422 g/mol. The number of aryl methyl sites for hydroxylation is 2. The summed E-state index contributed by atoms with van der Waals surface area (Å²) in [6, 6.07) is 16.1. The molecule has 0 fully saturated rings. The average molecular weight is 454 g/mol. The van der Waals surface area contributed by atoms with E-state index in [0.717, 1.165) is 52.3 Å². The van der Waals surface area contributed by atoms with Gasteiger partial charge in [0.15, 0.2) is 0 Å². The average Bonchev–Trinajstić information content (AvgIpc) is 3.22. The van der Waals surface area contributed by atoms with Gasteiger partial charge in [-0.15, -0.1) is 0 Å². The van der Waals surface area contributed by atoms with E-state index in [1.807, 2.05) is 63.5 Å². The standard InChI is InChI=1S/C30H31NO3/c1-5-6-7-10-20-16-25-27(23-15-19(2)13-14-24(23)30(3,4)34-25)28(32)26(20)29(33)31-17-21-11-8-9-12-22(21)18-31/h8-9,11-18,32H,5-7,10H2,1-4H3. The maximum Gasteiger partial charge on any atom is 0.265 e. The monoisotopic (exact) mass is 453 g/mol. The lowest BCUT2D eigenvalue weighted by Gasteiger charge is -2.36. The fraction of sp³-hybridized carbons (Fsp3) is 0.300. The van der Waals surface area contributed by atoms with Crippen LogP contribution in [0.1, 0.15) is 67.1 Å². The Balaban J connectivity index is 1.72. The number of carbonyl (C=O) groups is 1. The Morgan fingerprint density at radius 1 is 1.03 bits per heavy atom. The second-order valence-corrected chi connectivity index (χ2v) is 9.85. The number of unbranched alkanes of at least 4 members (excludes halogenated alkanes) is 2. The highest BCUT2D eigenvalue weighted by Crippen LogP contribution is 2.51. The Morgan fingerprint density at radius 2 is 1.74 bits per heavy atom. The highest BCUT2D eigenvalue weighted by atomic mass is 16.5. The molecule has 1 aliphatic rings. The highest BCUT2D eigenvalue weighted by Gasteiger charge is 2.36. The second-order valence-electron chi connectivity index (χ2n) is 9.85. The highest BCUT2D eigenvalue weighted by molar-refractivity contribution is 6.05. The van der Waals surface area contributed by atoms with Crippen LogP contribution < -0.4 is 4.74 Å². The maximum atomic E-state index is 13.8. The fourth-order valence-electron chi connectivity index (χ4n) is 5.09. The molecule has 0 saturated carbocycles. The van der Waals surface area contributed by atoms with E-state index in [-0.39, 0.29) is 11.7 Å².